The Kier molecular flexibility index (Phi) is 5.00. The summed E-state index contributed by atoms with van der Waals surface area (Å²) in [7, 11) is 2.01. The van der Waals surface area contributed by atoms with Gasteiger partial charge in [-0.2, -0.15) is 5.26 Å². The zero-order valence-electron chi connectivity index (χ0n) is 12.6. The third-order valence-corrected chi connectivity index (χ3v) is 4.59. The van der Waals surface area contributed by atoms with E-state index in [1.54, 1.807) is 0 Å². The largest absolute Gasteiger partial charge is 0.337 e. The Morgan fingerprint density at radius 2 is 2.15 bits per heavy atom. The van der Waals surface area contributed by atoms with Gasteiger partial charge in [0.05, 0.1) is 12.6 Å². The first-order valence-corrected chi connectivity index (χ1v) is 7.68. The molecule has 2 fully saturated rings. The number of rotatable bonds is 5. The van der Waals surface area contributed by atoms with E-state index >= 15 is 0 Å². The van der Waals surface area contributed by atoms with Crippen LogP contribution in [0.4, 0.5) is 0 Å². The Balaban J connectivity index is 1.82. The molecule has 5 heteroatoms. The number of likely N-dealkylation sites (N-methyl/N-ethyl adjacent to an activating group) is 1. The molecule has 2 rings (SSSR count). The molecule has 1 aliphatic heterocycles. The lowest BCUT2D eigenvalue weighted by atomic mass is 9.98. The van der Waals surface area contributed by atoms with E-state index in [1.165, 1.54) is 0 Å². The lowest BCUT2D eigenvalue weighted by Crippen LogP contribution is -2.51. The molecule has 0 aromatic rings. The molecule has 0 radical (unpaired) electrons. The smallest absolute Gasteiger partial charge is 0.235 e. The van der Waals surface area contributed by atoms with Crippen LogP contribution < -0.4 is 10.6 Å². The van der Waals surface area contributed by atoms with E-state index in [-0.39, 0.29) is 5.91 Å². The Hall–Kier alpha value is -1.12. The van der Waals surface area contributed by atoms with Gasteiger partial charge < -0.3 is 10.6 Å². The number of nitrogens with one attached hydrogen (secondary N) is 2. The molecule has 1 saturated carbocycles. The van der Waals surface area contributed by atoms with Gasteiger partial charge in [-0.05, 0) is 65.1 Å². The summed E-state index contributed by atoms with van der Waals surface area (Å²) in [6.07, 6.45) is 5.48. The Morgan fingerprint density at radius 1 is 1.40 bits per heavy atom. The summed E-state index contributed by atoms with van der Waals surface area (Å²) >= 11 is 0. The number of carbonyl (C=O) groups excluding carboxylic acids is 1. The highest BCUT2D eigenvalue weighted by Gasteiger charge is 2.43. The molecule has 2 unspecified atom stereocenters. The highest BCUT2D eigenvalue weighted by atomic mass is 16.2. The average Bonchev–Trinajstić information content (AvgIpc) is 3.24. The standard InChI is InChI=1S/C15H26N4O/c1-15(11-16,12-5-6-12)18-14(20)10-19(2)13-4-3-8-17-9-7-13/h12-13,17H,3-10H2,1-2H3,(H,18,20). The maximum atomic E-state index is 12.2. The van der Waals surface area contributed by atoms with Crippen LogP contribution in [0.5, 0.6) is 0 Å². The second kappa shape index (κ2) is 6.55. The zero-order chi connectivity index (χ0) is 14.6. The molecule has 1 saturated heterocycles. The van der Waals surface area contributed by atoms with Gasteiger partial charge >= 0.3 is 0 Å². The number of hydrogen-bond donors (Lipinski definition) is 2. The van der Waals surface area contributed by atoms with Crippen molar-refractivity contribution in [1.82, 2.24) is 15.5 Å². The van der Waals surface area contributed by atoms with Crippen LogP contribution >= 0.6 is 0 Å². The monoisotopic (exact) mass is 278 g/mol. The van der Waals surface area contributed by atoms with Crippen LogP contribution in [0.15, 0.2) is 0 Å². The molecule has 1 aliphatic carbocycles. The summed E-state index contributed by atoms with van der Waals surface area (Å²) in [6.45, 7) is 4.33. The molecule has 1 amide bonds. The Morgan fingerprint density at radius 3 is 2.80 bits per heavy atom. The van der Waals surface area contributed by atoms with E-state index in [1.807, 2.05) is 14.0 Å². The maximum Gasteiger partial charge on any atom is 0.235 e. The van der Waals surface area contributed by atoms with Gasteiger partial charge in [0.2, 0.25) is 5.91 Å². The number of hydrogen-bond acceptors (Lipinski definition) is 4. The molecule has 1 heterocycles. The minimum atomic E-state index is -0.678. The molecule has 0 spiro atoms. The van der Waals surface area contributed by atoms with Crippen molar-refractivity contribution in [2.45, 2.75) is 50.6 Å². The first-order chi connectivity index (χ1) is 9.55. The summed E-state index contributed by atoms with van der Waals surface area (Å²) in [5.41, 5.74) is -0.678. The second-order valence-corrected chi connectivity index (χ2v) is 6.39. The topological polar surface area (TPSA) is 68.2 Å². The number of nitrogens with zero attached hydrogens (tertiary/aromatic N) is 2. The van der Waals surface area contributed by atoms with Crippen molar-refractivity contribution in [1.29, 1.82) is 5.26 Å². The average molecular weight is 278 g/mol. The van der Waals surface area contributed by atoms with Crippen LogP contribution in [0.3, 0.4) is 0 Å². The highest BCUT2D eigenvalue weighted by molar-refractivity contribution is 5.79. The summed E-state index contributed by atoms with van der Waals surface area (Å²) in [6, 6.07) is 2.74. The van der Waals surface area contributed by atoms with Gasteiger partial charge in [0.25, 0.3) is 0 Å². The van der Waals surface area contributed by atoms with Crippen LogP contribution in [-0.2, 0) is 4.79 Å². The van der Waals surface area contributed by atoms with E-state index in [0.29, 0.717) is 18.5 Å². The fourth-order valence-corrected chi connectivity index (χ4v) is 3.01. The first kappa shape index (κ1) is 15.3. The van der Waals surface area contributed by atoms with Crippen molar-refractivity contribution in [2.75, 3.05) is 26.7 Å². The Labute approximate surface area is 121 Å². The van der Waals surface area contributed by atoms with Gasteiger partial charge in [-0.3, -0.25) is 9.69 Å². The summed E-state index contributed by atoms with van der Waals surface area (Å²) < 4.78 is 0. The third-order valence-electron chi connectivity index (χ3n) is 4.59. The van der Waals surface area contributed by atoms with Crippen molar-refractivity contribution in [3.8, 4) is 6.07 Å². The molecule has 0 aromatic heterocycles. The quantitative estimate of drug-likeness (QED) is 0.783. The van der Waals surface area contributed by atoms with E-state index < -0.39 is 5.54 Å². The van der Waals surface area contributed by atoms with Crippen LogP contribution in [0.25, 0.3) is 0 Å². The van der Waals surface area contributed by atoms with Gasteiger partial charge in [-0.1, -0.05) is 0 Å². The molecule has 0 aromatic carbocycles. The predicted octanol–water partition coefficient (Wildman–Crippen LogP) is 0.869. The number of nitriles is 1. The molecule has 2 atom stereocenters. The van der Waals surface area contributed by atoms with E-state index in [9.17, 15) is 10.1 Å². The van der Waals surface area contributed by atoms with Crippen molar-refractivity contribution >= 4 is 5.91 Å². The fraction of sp³-hybridized carbons (Fsp3) is 0.867. The zero-order valence-corrected chi connectivity index (χ0v) is 12.6. The van der Waals surface area contributed by atoms with Crippen LogP contribution in [0.2, 0.25) is 0 Å². The second-order valence-electron chi connectivity index (χ2n) is 6.39. The van der Waals surface area contributed by atoms with Gasteiger partial charge in [0.1, 0.15) is 5.54 Å². The van der Waals surface area contributed by atoms with Crippen molar-refractivity contribution in [2.24, 2.45) is 5.92 Å². The minimum absolute atomic E-state index is 0.0272. The molecule has 2 N–H and O–H groups in total. The van der Waals surface area contributed by atoms with Crippen LogP contribution in [-0.4, -0.2) is 49.1 Å². The lowest BCUT2D eigenvalue weighted by Gasteiger charge is -2.29. The molecule has 5 nitrogen and oxygen atoms in total. The lowest BCUT2D eigenvalue weighted by molar-refractivity contribution is -0.123. The van der Waals surface area contributed by atoms with E-state index in [2.05, 4.69) is 21.6 Å². The number of carbonyl (C=O) groups is 1. The van der Waals surface area contributed by atoms with Crippen molar-refractivity contribution < 1.29 is 4.79 Å². The SMILES string of the molecule is CN(CC(=O)NC(C)(C#N)C1CC1)C1CCCNCC1. The van der Waals surface area contributed by atoms with Crippen LogP contribution in [0, 0.1) is 17.2 Å². The van der Waals surface area contributed by atoms with Crippen molar-refractivity contribution in [3.05, 3.63) is 0 Å². The highest BCUT2D eigenvalue weighted by Crippen LogP contribution is 2.39. The maximum absolute atomic E-state index is 12.2. The van der Waals surface area contributed by atoms with Crippen LogP contribution in [0.1, 0.15) is 39.0 Å². The van der Waals surface area contributed by atoms with E-state index in [4.69, 9.17) is 0 Å². The summed E-state index contributed by atoms with van der Waals surface area (Å²) in [5.74, 6) is 0.310. The molecule has 112 valence electrons. The molecule has 0 bridgehead atoms. The summed E-state index contributed by atoms with van der Waals surface area (Å²) in [4.78, 5) is 14.3. The minimum Gasteiger partial charge on any atom is -0.337 e. The van der Waals surface area contributed by atoms with Gasteiger partial charge in [-0.15, -0.1) is 0 Å². The molecule has 2 aliphatic rings. The normalized spacial score (nSPS) is 26.4. The van der Waals surface area contributed by atoms with Gasteiger partial charge in [0.15, 0.2) is 0 Å². The Bertz CT molecular complexity index is 380. The number of amides is 1. The first-order valence-electron chi connectivity index (χ1n) is 7.68. The molecular weight excluding hydrogens is 252 g/mol. The van der Waals surface area contributed by atoms with Gasteiger partial charge in [-0.25, -0.2) is 0 Å². The summed E-state index contributed by atoms with van der Waals surface area (Å²) in [5, 5.41) is 15.6. The van der Waals surface area contributed by atoms with Gasteiger partial charge in [0, 0.05) is 6.04 Å². The molecular formula is C15H26N4O. The molecule has 20 heavy (non-hydrogen) atoms. The predicted molar refractivity (Wildman–Crippen MR) is 78.0 cm³/mol. The van der Waals surface area contributed by atoms with Crippen molar-refractivity contribution in [3.63, 3.8) is 0 Å². The van der Waals surface area contributed by atoms with E-state index in [0.717, 1.165) is 45.2 Å². The third kappa shape index (κ3) is 3.94. The fourth-order valence-electron chi connectivity index (χ4n) is 3.01.